The Kier molecular flexibility index (Phi) is 4.60. The highest BCUT2D eigenvalue weighted by molar-refractivity contribution is 5.94. The van der Waals surface area contributed by atoms with Crippen molar-refractivity contribution in [2.24, 2.45) is 5.92 Å². The molecule has 0 spiro atoms. The molecule has 0 saturated heterocycles. The highest BCUT2D eigenvalue weighted by Gasteiger charge is 2.37. The summed E-state index contributed by atoms with van der Waals surface area (Å²) in [6.45, 7) is 2.59. The van der Waals surface area contributed by atoms with E-state index in [1.165, 1.54) is 13.2 Å². The van der Waals surface area contributed by atoms with E-state index in [2.05, 4.69) is 6.92 Å². The fourth-order valence-electron chi connectivity index (χ4n) is 3.73. The number of carbonyl (C=O) groups is 2. The Hall–Kier alpha value is -2.82. The lowest BCUT2D eigenvalue weighted by molar-refractivity contribution is -0.152. The van der Waals surface area contributed by atoms with E-state index in [1.807, 2.05) is 36.4 Å². The summed E-state index contributed by atoms with van der Waals surface area (Å²) in [5.41, 5.74) is 2.14. The number of hydrogen-bond donors (Lipinski definition) is 0. The standard InChI is InChI=1S/C22H23NO4/c1-14-11-18(14)20-9-7-17(27-20)8-10-21(24)23-13-16-6-4-3-5-15(16)12-19(23)22(25)26-2/h3-10,14,18-19H,11-13H2,1-2H3. The van der Waals surface area contributed by atoms with Gasteiger partial charge in [-0.2, -0.15) is 0 Å². The van der Waals surface area contributed by atoms with Crippen molar-refractivity contribution in [2.45, 2.75) is 38.3 Å². The van der Waals surface area contributed by atoms with Crippen LogP contribution in [0.4, 0.5) is 0 Å². The SMILES string of the molecule is COC(=O)C1Cc2ccccc2CN1C(=O)C=Cc1ccc(C2CC2C)o1. The average Bonchev–Trinajstić information content (AvgIpc) is 3.24. The van der Waals surface area contributed by atoms with Crippen molar-refractivity contribution in [3.05, 3.63) is 65.1 Å². The summed E-state index contributed by atoms with van der Waals surface area (Å²) in [5, 5.41) is 0. The summed E-state index contributed by atoms with van der Waals surface area (Å²) in [4.78, 5) is 26.6. The number of rotatable bonds is 4. The van der Waals surface area contributed by atoms with E-state index in [0.29, 0.717) is 30.6 Å². The van der Waals surface area contributed by atoms with Crippen molar-refractivity contribution in [1.82, 2.24) is 4.90 Å². The van der Waals surface area contributed by atoms with Crippen molar-refractivity contribution >= 4 is 18.0 Å². The molecule has 1 aliphatic carbocycles. The van der Waals surface area contributed by atoms with Crippen LogP contribution in [0, 0.1) is 5.92 Å². The highest BCUT2D eigenvalue weighted by atomic mass is 16.5. The van der Waals surface area contributed by atoms with Gasteiger partial charge in [-0.3, -0.25) is 4.79 Å². The predicted molar refractivity (Wildman–Crippen MR) is 101 cm³/mol. The number of hydrogen-bond acceptors (Lipinski definition) is 4. The van der Waals surface area contributed by atoms with Gasteiger partial charge in [0.2, 0.25) is 5.91 Å². The summed E-state index contributed by atoms with van der Waals surface area (Å²) in [6.07, 6.45) is 4.77. The average molecular weight is 365 g/mol. The van der Waals surface area contributed by atoms with Crippen molar-refractivity contribution in [1.29, 1.82) is 0 Å². The number of benzene rings is 1. The lowest BCUT2D eigenvalue weighted by atomic mass is 9.94. The summed E-state index contributed by atoms with van der Waals surface area (Å²) in [5.74, 6) is 2.19. The molecule has 0 bridgehead atoms. The molecule has 3 unspecified atom stereocenters. The largest absolute Gasteiger partial charge is 0.467 e. The van der Waals surface area contributed by atoms with Gasteiger partial charge < -0.3 is 14.1 Å². The molecule has 27 heavy (non-hydrogen) atoms. The molecule has 1 aromatic carbocycles. The molecule has 0 N–H and O–H groups in total. The van der Waals surface area contributed by atoms with Gasteiger partial charge >= 0.3 is 5.97 Å². The third-order valence-corrected chi connectivity index (χ3v) is 5.52. The molecular weight excluding hydrogens is 342 g/mol. The number of methoxy groups -OCH3 is 1. The smallest absolute Gasteiger partial charge is 0.328 e. The van der Waals surface area contributed by atoms with E-state index in [9.17, 15) is 9.59 Å². The van der Waals surface area contributed by atoms with Gasteiger partial charge in [0.1, 0.15) is 17.6 Å². The van der Waals surface area contributed by atoms with Gasteiger partial charge in [0.15, 0.2) is 0 Å². The van der Waals surface area contributed by atoms with Gasteiger partial charge in [-0.1, -0.05) is 31.2 Å². The van der Waals surface area contributed by atoms with Gasteiger partial charge in [0.05, 0.1) is 7.11 Å². The van der Waals surface area contributed by atoms with Gasteiger partial charge in [0.25, 0.3) is 0 Å². The van der Waals surface area contributed by atoms with Crippen LogP contribution in [0.2, 0.25) is 0 Å². The molecule has 140 valence electrons. The Morgan fingerprint density at radius 3 is 2.63 bits per heavy atom. The molecule has 2 aromatic rings. The maximum Gasteiger partial charge on any atom is 0.328 e. The lowest BCUT2D eigenvalue weighted by Gasteiger charge is -2.34. The minimum absolute atomic E-state index is 0.224. The Bertz CT molecular complexity index is 897. The second-order valence-electron chi connectivity index (χ2n) is 7.37. The molecule has 2 aliphatic rings. The first-order valence-corrected chi connectivity index (χ1v) is 9.30. The number of esters is 1. The van der Waals surface area contributed by atoms with E-state index in [0.717, 1.165) is 23.3 Å². The molecule has 2 heterocycles. The number of furan rings is 1. The number of carbonyl (C=O) groups excluding carboxylic acids is 2. The van der Waals surface area contributed by atoms with Crippen LogP contribution in [-0.2, 0) is 27.3 Å². The van der Waals surface area contributed by atoms with Crippen molar-refractivity contribution < 1.29 is 18.7 Å². The zero-order valence-corrected chi connectivity index (χ0v) is 15.6. The van der Waals surface area contributed by atoms with Crippen LogP contribution in [0.15, 0.2) is 46.9 Å². The van der Waals surface area contributed by atoms with Gasteiger partial charge in [-0.15, -0.1) is 0 Å². The molecule has 5 heteroatoms. The summed E-state index contributed by atoms with van der Waals surface area (Å²) in [7, 11) is 1.35. The Labute approximate surface area is 158 Å². The van der Waals surface area contributed by atoms with Crippen LogP contribution in [0.5, 0.6) is 0 Å². The van der Waals surface area contributed by atoms with Crippen LogP contribution in [0.3, 0.4) is 0 Å². The lowest BCUT2D eigenvalue weighted by Crippen LogP contribution is -2.48. The maximum atomic E-state index is 12.8. The van der Waals surface area contributed by atoms with Gasteiger partial charge in [-0.05, 0) is 41.7 Å². The third-order valence-electron chi connectivity index (χ3n) is 5.52. The molecule has 1 amide bonds. The Morgan fingerprint density at radius 2 is 1.93 bits per heavy atom. The highest BCUT2D eigenvalue weighted by Crippen LogP contribution is 2.47. The second kappa shape index (κ2) is 7.06. The topological polar surface area (TPSA) is 59.8 Å². The van der Waals surface area contributed by atoms with E-state index < -0.39 is 12.0 Å². The second-order valence-corrected chi connectivity index (χ2v) is 7.37. The molecule has 3 atom stereocenters. The number of amides is 1. The molecule has 1 saturated carbocycles. The minimum atomic E-state index is -0.610. The van der Waals surface area contributed by atoms with E-state index in [1.54, 1.807) is 11.0 Å². The van der Waals surface area contributed by atoms with E-state index >= 15 is 0 Å². The summed E-state index contributed by atoms with van der Waals surface area (Å²) >= 11 is 0. The van der Waals surface area contributed by atoms with E-state index in [-0.39, 0.29) is 5.91 Å². The van der Waals surface area contributed by atoms with E-state index in [4.69, 9.17) is 9.15 Å². The van der Waals surface area contributed by atoms with Crippen LogP contribution in [-0.4, -0.2) is 29.9 Å². The number of ether oxygens (including phenoxy) is 1. The number of fused-ring (bicyclic) bond motifs is 1. The molecular formula is C22H23NO4. The number of nitrogens with zero attached hydrogens (tertiary/aromatic N) is 1. The van der Waals surface area contributed by atoms with Crippen molar-refractivity contribution in [3.8, 4) is 0 Å². The molecule has 1 aliphatic heterocycles. The fourth-order valence-corrected chi connectivity index (χ4v) is 3.73. The molecule has 4 rings (SSSR count). The molecule has 5 nitrogen and oxygen atoms in total. The monoisotopic (exact) mass is 365 g/mol. The Morgan fingerprint density at radius 1 is 1.19 bits per heavy atom. The summed E-state index contributed by atoms with van der Waals surface area (Å²) < 4.78 is 10.7. The maximum absolute atomic E-state index is 12.8. The first kappa shape index (κ1) is 17.6. The van der Waals surface area contributed by atoms with Crippen LogP contribution in [0.25, 0.3) is 6.08 Å². The van der Waals surface area contributed by atoms with Crippen LogP contribution >= 0.6 is 0 Å². The predicted octanol–water partition coefficient (Wildman–Crippen LogP) is 3.54. The quantitative estimate of drug-likeness (QED) is 0.614. The van der Waals surface area contributed by atoms with Crippen molar-refractivity contribution in [3.63, 3.8) is 0 Å². The Balaban J connectivity index is 1.52. The normalized spacial score (nSPS) is 23.9. The van der Waals surface area contributed by atoms with Gasteiger partial charge in [0, 0.05) is 25.0 Å². The van der Waals surface area contributed by atoms with Crippen molar-refractivity contribution in [2.75, 3.05) is 7.11 Å². The third kappa shape index (κ3) is 3.54. The zero-order chi connectivity index (χ0) is 19.0. The van der Waals surface area contributed by atoms with Gasteiger partial charge in [-0.25, -0.2) is 4.79 Å². The first-order valence-electron chi connectivity index (χ1n) is 9.30. The molecule has 1 aromatic heterocycles. The fraction of sp³-hybridized carbons (Fsp3) is 0.364. The molecule has 1 fully saturated rings. The summed E-state index contributed by atoms with van der Waals surface area (Å²) in [6, 6.07) is 11.1. The minimum Gasteiger partial charge on any atom is -0.467 e. The zero-order valence-electron chi connectivity index (χ0n) is 15.6. The molecule has 0 radical (unpaired) electrons. The van der Waals surface area contributed by atoms with Crippen LogP contribution in [0.1, 0.15) is 41.9 Å². The first-order chi connectivity index (χ1) is 13.1. The van der Waals surface area contributed by atoms with Crippen LogP contribution < -0.4 is 0 Å².